The number of carbonyl (C=O) groups is 3. The molecule has 14 heteroatoms. The smallest absolute Gasteiger partial charge is 0.372 e. The number of ether oxygens (including phenoxy) is 2. The third-order valence-corrected chi connectivity index (χ3v) is 3.72. The van der Waals surface area contributed by atoms with Gasteiger partial charge in [0.2, 0.25) is 5.78 Å². The molecule has 2 rings (SSSR count). The van der Waals surface area contributed by atoms with E-state index < -0.39 is 67.0 Å². The zero-order chi connectivity index (χ0) is 21.9. The normalized spacial score (nSPS) is 28.3. The predicted molar refractivity (Wildman–Crippen MR) is 86.0 cm³/mol. The second-order valence-corrected chi connectivity index (χ2v) is 5.68. The SMILES string of the molecule is [2H][C@@]1(n2ccc(NO)nc2=O)O[C@H](COC(=O)[C@@H](N)CC(=O)C(=O)O)[C@@H](O)[C@H]1O. The Labute approximate surface area is 157 Å². The largest absolute Gasteiger partial charge is 0.476 e. The fraction of sp³-hybridized carbons (Fsp3) is 0.500. The molecule has 0 aromatic carbocycles. The number of carbonyl (C=O) groups excluding carboxylic acids is 2. The highest BCUT2D eigenvalue weighted by molar-refractivity contribution is 6.33. The highest BCUT2D eigenvalue weighted by Crippen LogP contribution is 2.28. The standard InChI is InChI=1S/C14H18N4O10/c15-5(3-6(19)12(22)23)13(24)27-4-7-9(20)10(21)11(28-7)18-2-1-8(17-26)16-14(18)25/h1-2,5,7,9-11,20-21,26H,3-4,15H2,(H,22,23)(H,16,17,25)/t5-,7+,9+,10+,11+/m0/s1/i11D. The van der Waals surface area contributed by atoms with Crippen molar-refractivity contribution in [3.05, 3.63) is 22.7 Å². The fourth-order valence-corrected chi connectivity index (χ4v) is 2.25. The number of aromatic nitrogens is 2. The van der Waals surface area contributed by atoms with Gasteiger partial charge in [0.1, 0.15) is 31.0 Å². The number of nitrogens with zero attached hydrogens (tertiary/aromatic N) is 2. The summed E-state index contributed by atoms with van der Waals surface area (Å²) in [5.41, 5.74) is 5.89. The van der Waals surface area contributed by atoms with Crippen molar-refractivity contribution in [1.29, 1.82) is 0 Å². The van der Waals surface area contributed by atoms with E-state index in [-0.39, 0.29) is 5.82 Å². The monoisotopic (exact) mass is 403 g/mol. The molecule has 1 fully saturated rings. The molecule has 7 N–H and O–H groups in total. The first-order valence-corrected chi connectivity index (χ1v) is 7.73. The minimum absolute atomic E-state index is 0.238. The maximum Gasteiger partial charge on any atom is 0.372 e. The van der Waals surface area contributed by atoms with Crippen LogP contribution in [0.15, 0.2) is 17.1 Å². The summed E-state index contributed by atoms with van der Waals surface area (Å²) in [6.45, 7) is -0.717. The van der Waals surface area contributed by atoms with Crippen molar-refractivity contribution in [1.82, 2.24) is 9.55 Å². The van der Waals surface area contributed by atoms with Crippen LogP contribution < -0.4 is 16.9 Å². The molecule has 0 bridgehead atoms. The van der Waals surface area contributed by atoms with E-state index in [1.54, 1.807) is 5.48 Å². The number of hydrogen-bond acceptors (Lipinski definition) is 12. The first kappa shape index (κ1) is 19.8. The summed E-state index contributed by atoms with van der Waals surface area (Å²) in [6, 6.07) is -0.500. The lowest BCUT2D eigenvalue weighted by Crippen LogP contribution is -2.39. The van der Waals surface area contributed by atoms with Gasteiger partial charge in [-0.15, -0.1) is 0 Å². The van der Waals surface area contributed by atoms with Crippen molar-refractivity contribution in [2.75, 3.05) is 12.1 Å². The van der Waals surface area contributed by atoms with E-state index in [2.05, 4.69) is 4.98 Å². The third-order valence-electron chi connectivity index (χ3n) is 3.72. The van der Waals surface area contributed by atoms with Crippen LogP contribution in [-0.4, -0.2) is 78.8 Å². The molecule has 28 heavy (non-hydrogen) atoms. The van der Waals surface area contributed by atoms with E-state index in [9.17, 15) is 29.4 Å². The van der Waals surface area contributed by atoms with Crippen LogP contribution in [-0.2, 0) is 23.9 Å². The van der Waals surface area contributed by atoms with E-state index in [0.29, 0.717) is 4.57 Å². The molecule has 154 valence electrons. The van der Waals surface area contributed by atoms with Gasteiger partial charge in [-0.05, 0) is 6.07 Å². The van der Waals surface area contributed by atoms with Gasteiger partial charge in [-0.25, -0.2) is 9.59 Å². The summed E-state index contributed by atoms with van der Waals surface area (Å²) in [6.07, 6.45) is -7.56. The van der Waals surface area contributed by atoms with Gasteiger partial charge in [-0.3, -0.25) is 24.8 Å². The summed E-state index contributed by atoms with van der Waals surface area (Å²) in [5.74, 6) is -4.49. The Balaban J connectivity index is 2.07. The maximum atomic E-state index is 12.0. The van der Waals surface area contributed by atoms with Crippen LogP contribution in [0.1, 0.15) is 14.0 Å². The van der Waals surface area contributed by atoms with Crippen LogP contribution in [0.4, 0.5) is 5.82 Å². The molecule has 1 saturated heterocycles. The van der Waals surface area contributed by atoms with Gasteiger partial charge in [-0.1, -0.05) is 0 Å². The number of esters is 1. The second-order valence-electron chi connectivity index (χ2n) is 5.68. The van der Waals surface area contributed by atoms with Crippen LogP contribution in [0.5, 0.6) is 0 Å². The number of aliphatic hydroxyl groups is 2. The Morgan fingerprint density at radius 3 is 2.68 bits per heavy atom. The van der Waals surface area contributed by atoms with Crippen LogP contribution in [0.3, 0.4) is 0 Å². The molecule has 0 saturated carbocycles. The molecular weight excluding hydrogens is 384 g/mol. The molecule has 1 aliphatic heterocycles. The minimum Gasteiger partial charge on any atom is -0.476 e. The molecule has 14 nitrogen and oxygen atoms in total. The van der Waals surface area contributed by atoms with E-state index in [0.717, 1.165) is 12.3 Å². The van der Waals surface area contributed by atoms with E-state index >= 15 is 0 Å². The molecule has 0 radical (unpaired) electrons. The number of carboxylic acids is 1. The predicted octanol–water partition coefficient (Wildman–Crippen LogP) is -3.42. The lowest BCUT2D eigenvalue weighted by molar-refractivity contribution is -0.154. The topological polar surface area (TPSA) is 224 Å². The first-order valence-electron chi connectivity index (χ1n) is 8.23. The zero-order valence-electron chi connectivity index (χ0n) is 15.1. The van der Waals surface area contributed by atoms with Crippen molar-refractivity contribution < 1.29 is 45.8 Å². The Morgan fingerprint density at radius 1 is 1.43 bits per heavy atom. The molecule has 2 heterocycles. The third kappa shape index (κ3) is 4.68. The maximum absolute atomic E-state index is 12.0. The van der Waals surface area contributed by atoms with E-state index in [1.807, 2.05) is 0 Å². The summed E-state index contributed by atoms with van der Waals surface area (Å²) in [4.78, 5) is 48.7. The number of carboxylic acid groups (broad SMARTS) is 1. The van der Waals surface area contributed by atoms with Crippen molar-refractivity contribution in [3.63, 3.8) is 0 Å². The fourth-order valence-electron chi connectivity index (χ4n) is 2.25. The lowest BCUT2D eigenvalue weighted by atomic mass is 10.1. The number of anilines is 1. The van der Waals surface area contributed by atoms with Crippen LogP contribution in [0.2, 0.25) is 0 Å². The van der Waals surface area contributed by atoms with Gasteiger partial charge < -0.3 is 30.5 Å². The number of rotatable bonds is 8. The van der Waals surface area contributed by atoms with Crippen LogP contribution in [0.25, 0.3) is 0 Å². The van der Waals surface area contributed by atoms with Gasteiger partial charge in [0.25, 0.3) is 0 Å². The molecule has 0 spiro atoms. The highest BCUT2D eigenvalue weighted by Gasteiger charge is 2.45. The molecule has 0 amide bonds. The summed E-state index contributed by atoms with van der Waals surface area (Å²) in [5, 5.41) is 37.5. The van der Waals surface area contributed by atoms with Gasteiger partial charge in [0, 0.05) is 12.6 Å². The number of ketones is 1. The first-order chi connectivity index (χ1) is 13.5. The lowest BCUT2D eigenvalue weighted by Gasteiger charge is -2.17. The molecule has 0 unspecified atom stereocenters. The number of aliphatic hydroxyl groups excluding tert-OH is 2. The quantitative estimate of drug-likeness (QED) is 0.141. The molecule has 0 aliphatic carbocycles. The number of hydrogen-bond donors (Lipinski definition) is 6. The van der Waals surface area contributed by atoms with Gasteiger partial charge in [0.05, 0.1) is 1.37 Å². The van der Waals surface area contributed by atoms with Gasteiger partial charge in [0.15, 0.2) is 12.0 Å². The number of Topliss-reactive ketones (excluding diaryl/α,β-unsaturated/α-hetero) is 1. The number of nitrogens with one attached hydrogen (secondary N) is 1. The Bertz CT molecular complexity index is 863. The Hall–Kier alpha value is -2.91. The van der Waals surface area contributed by atoms with Crippen molar-refractivity contribution in [2.45, 2.75) is 37.0 Å². The Kier molecular flexibility index (Phi) is 6.27. The van der Waals surface area contributed by atoms with Crippen molar-refractivity contribution in [2.24, 2.45) is 5.73 Å². The highest BCUT2D eigenvalue weighted by atomic mass is 16.6. The van der Waals surface area contributed by atoms with Crippen molar-refractivity contribution in [3.8, 4) is 0 Å². The van der Waals surface area contributed by atoms with Gasteiger partial charge >= 0.3 is 17.6 Å². The minimum atomic E-state index is -2.53. The molecule has 1 aromatic rings. The van der Waals surface area contributed by atoms with Crippen LogP contribution >= 0.6 is 0 Å². The van der Waals surface area contributed by atoms with Gasteiger partial charge in [-0.2, -0.15) is 4.98 Å². The zero-order valence-corrected chi connectivity index (χ0v) is 14.1. The number of aliphatic carboxylic acids is 1. The second kappa shape index (κ2) is 8.85. The molecule has 1 aliphatic rings. The summed E-state index contributed by atoms with van der Waals surface area (Å²) >= 11 is 0. The summed E-state index contributed by atoms with van der Waals surface area (Å²) < 4.78 is 18.7. The molecule has 1 aromatic heterocycles. The van der Waals surface area contributed by atoms with Crippen molar-refractivity contribution >= 4 is 23.5 Å². The Morgan fingerprint density at radius 2 is 2.11 bits per heavy atom. The molecular formula is C14H18N4O10. The summed E-state index contributed by atoms with van der Waals surface area (Å²) in [7, 11) is 0. The van der Waals surface area contributed by atoms with E-state index in [1.165, 1.54) is 0 Å². The average molecular weight is 403 g/mol. The average Bonchev–Trinajstić information content (AvgIpc) is 2.90. The number of nitrogens with two attached hydrogens (primary N) is 1. The molecule has 5 atom stereocenters. The van der Waals surface area contributed by atoms with E-state index in [4.69, 9.17) is 26.9 Å². The van der Waals surface area contributed by atoms with Crippen LogP contribution in [0, 0.1) is 0 Å².